The molecule has 1 unspecified atom stereocenters. The van der Waals surface area contributed by atoms with E-state index in [0.717, 1.165) is 57.9 Å². The first-order chi connectivity index (χ1) is 11.8. The van der Waals surface area contributed by atoms with Crippen molar-refractivity contribution in [3.05, 3.63) is 35.9 Å². The van der Waals surface area contributed by atoms with Crippen molar-refractivity contribution in [3.63, 3.8) is 0 Å². The van der Waals surface area contributed by atoms with E-state index in [2.05, 4.69) is 20.9 Å². The van der Waals surface area contributed by atoms with Gasteiger partial charge in [-0.25, -0.2) is 0 Å². The largest absolute Gasteiger partial charge is 0.389 e. The second-order valence-corrected chi connectivity index (χ2v) is 6.21. The van der Waals surface area contributed by atoms with Crippen LogP contribution in [0.1, 0.15) is 5.56 Å². The van der Waals surface area contributed by atoms with Crippen LogP contribution in [-0.4, -0.2) is 81.6 Å². The molecule has 1 fully saturated rings. The highest BCUT2D eigenvalue weighted by Gasteiger charge is 2.12. The molecule has 1 aromatic rings. The number of benzene rings is 1. The minimum atomic E-state index is -0.455. The van der Waals surface area contributed by atoms with Gasteiger partial charge in [0.1, 0.15) is 0 Å². The van der Waals surface area contributed by atoms with Gasteiger partial charge in [0.25, 0.3) is 0 Å². The van der Waals surface area contributed by atoms with Crippen LogP contribution in [0.2, 0.25) is 0 Å². The molecule has 0 amide bonds. The predicted octanol–water partition coefficient (Wildman–Crippen LogP) is -0.351. The number of nitrogens with one attached hydrogen (secondary N) is 3. The number of β-amino-alcohol motifs (C(OH)–C–C–N with tert-alkyl or cyclic N) is 1. The van der Waals surface area contributed by atoms with Crippen LogP contribution in [0.25, 0.3) is 0 Å². The fourth-order valence-corrected chi connectivity index (χ4v) is 2.74. The van der Waals surface area contributed by atoms with E-state index in [1.165, 1.54) is 0 Å². The summed E-state index contributed by atoms with van der Waals surface area (Å²) in [5.41, 5.74) is 1.14. The van der Waals surface area contributed by atoms with Crippen LogP contribution < -0.4 is 16.0 Å². The molecule has 1 atom stereocenters. The molecule has 1 aromatic carbocycles. The number of ether oxygens (including phenoxy) is 1. The number of aliphatic hydroxyl groups is 1. The van der Waals surface area contributed by atoms with E-state index in [1.54, 1.807) is 0 Å². The maximum atomic E-state index is 10.3. The topological polar surface area (TPSA) is 68.8 Å². The number of hydrogen-bond acceptors (Lipinski definition) is 6. The second kappa shape index (κ2) is 12.4. The van der Waals surface area contributed by atoms with Gasteiger partial charge in [-0.05, 0) is 5.56 Å². The third-order valence-corrected chi connectivity index (χ3v) is 4.06. The van der Waals surface area contributed by atoms with Crippen LogP contribution in [-0.2, 0) is 11.3 Å². The Morgan fingerprint density at radius 2 is 1.50 bits per heavy atom. The standard InChI is InChI=1S/C18H32N4O2/c23-18(16-24-15-17-4-2-1-3-5-17)14-22-12-10-20-8-6-19-7-9-21-11-13-22/h1-5,18-21,23H,6-16H2. The molecule has 136 valence electrons. The van der Waals surface area contributed by atoms with Crippen molar-refractivity contribution in [2.45, 2.75) is 12.7 Å². The minimum Gasteiger partial charge on any atom is -0.389 e. The lowest BCUT2D eigenvalue weighted by molar-refractivity contribution is 0.0102. The van der Waals surface area contributed by atoms with Crippen molar-refractivity contribution in [2.24, 2.45) is 0 Å². The Balaban J connectivity index is 1.65. The number of hydrogen-bond donors (Lipinski definition) is 4. The third kappa shape index (κ3) is 8.73. The summed E-state index contributed by atoms with van der Waals surface area (Å²) in [7, 11) is 0. The highest BCUT2D eigenvalue weighted by molar-refractivity contribution is 5.13. The summed E-state index contributed by atoms with van der Waals surface area (Å²) in [5, 5.41) is 20.5. The van der Waals surface area contributed by atoms with Crippen molar-refractivity contribution in [1.29, 1.82) is 0 Å². The Kier molecular flexibility index (Phi) is 9.94. The fourth-order valence-electron chi connectivity index (χ4n) is 2.74. The molecule has 0 aromatic heterocycles. The number of nitrogens with zero attached hydrogens (tertiary/aromatic N) is 1. The van der Waals surface area contributed by atoms with Gasteiger partial charge in [-0.1, -0.05) is 30.3 Å². The molecule has 6 heteroatoms. The van der Waals surface area contributed by atoms with Crippen molar-refractivity contribution < 1.29 is 9.84 Å². The molecule has 0 radical (unpaired) electrons. The molecular weight excluding hydrogens is 304 g/mol. The monoisotopic (exact) mass is 336 g/mol. The number of aliphatic hydroxyl groups excluding tert-OH is 1. The molecule has 1 heterocycles. The molecule has 0 spiro atoms. The van der Waals surface area contributed by atoms with E-state index in [9.17, 15) is 5.11 Å². The predicted molar refractivity (Wildman–Crippen MR) is 97.2 cm³/mol. The van der Waals surface area contributed by atoms with Gasteiger partial charge in [0.05, 0.1) is 19.3 Å². The summed E-state index contributed by atoms with van der Waals surface area (Å²) in [4.78, 5) is 2.30. The van der Waals surface area contributed by atoms with Crippen molar-refractivity contribution >= 4 is 0 Å². The molecule has 4 N–H and O–H groups in total. The summed E-state index contributed by atoms with van der Waals surface area (Å²) in [5.74, 6) is 0. The lowest BCUT2D eigenvalue weighted by Crippen LogP contribution is -2.44. The van der Waals surface area contributed by atoms with E-state index < -0.39 is 6.10 Å². The molecule has 0 bridgehead atoms. The maximum Gasteiger partial charge on any atom is 0.0900 e. The lowest BCUT2D eigenvalue weighted by Gasteiger charge is -2.26. The average molecular weight is 336 g/mol. The molecule has 1 aliphatic heterocycles. The Bertz CT molecular complexity index is 407. The summed E-state index contributed by atoms with van der Waals surface area (Å²) in [6.45, 7) is 9.30. The lowest BCUT2D eigenvalue weighted by atomic mass is 10.2. The summed E-state index contributed by atoms with van der Waals surface area (Å²) in [6.07, 6.45) is -0.455. The first-order valence-corrected chi connectivity index (χ1v) is 8.99. The normalized spacial score (nSPS) is 20.0. The molecule has 1 saturated heterocycles. The first kappa shape index (κ1) is 19.3. The molecular formula is C18H32N4O2. The van der Waals surface area contributed by atoms with E-state index in [1.807, 2.05) is 30.3 Å². The molecule has 0 saturated carbocycles. The zero-order chi connectivity index (χ0) is 16.9. The molecule has 0 aliphatic carbocycles. The summed E-state index contributed by atoms with van der Waals surface area (Å²) >= 11 is 0. The van der Waals surface area contributed by atoms with Crippen LogP contribution in [0, 0.1) is 0 Å². The first-order valence-electron chi connectivity index (χ1n) is 8.99. The number of rotatable bonds is 6. The van der Waals surface area contributed by atoms with E-state index in [0.29, 0.717) is 19.8 Å². The zero-order valence-electron chi connectivity index (χ0n) is 14.5. The van der Waals surface area contributed by atoms with Gasteiger partial charge in [-0.3, -0.25) is 4.90 Å². The van der Waals surface area contributed by atoms with Gasteiger partial charge in [0.2, 0.25) is 0 Å². The van der Waals surface area contributed by atoms with Crippen LogP contribution in [0.4, 0.5) is 0 Å². The second-order valence-electron chi connectivity index (χ2n) is 6.21. The van der Waals surface area contributed by atoms with Crippen molar-refractivity contribution in [2.75, 3.05) is 65.5 Å². The zero-order valence-corrected chi connectivity index (χ0v) is 14.5. The van der Waals surface area contributed by atoms with E-state index >= 15 is 0 Å². The van der Waals surface area contributed by atoms with Crippen LogP contribution in [0.5, 0.6) is 0 Å². The maximum absolute atomic E-state index is 10.3. The SMILES string of the molecule is OC(COCc1ccccc1)CN1CCNCCNCCNCC1. The Morgan fingerprint density at radius 1 is 0.917 bits per heavy atom. The van der Waals surface area contributed by atoms with Gasteiger partial charge < -0.3 is 25.8 Å². The Labute approximate surface area is 145 Å². The molecule has 6 nitrogen and oxygen atoms in total. The summed E-state index contributed by atoms with van der Waals surface area (Å²) in [6, 6.07) is 10.1. The fraction of sp³-hybridized carbons (Fsp3) is 0.667. The molecule has 1 aliphatic rings. The van der Waals surface area contributed by atoms with Gasteiger partial charge in [-0.2, -0.15) is 0 Å². The third-order valence-electron chi connectivity index (χ3n) is 4.06. The Hall–Kier alpha value is -1.02. The van der Waals surface area contributed by atoms with Crippen molar-refractivity contribution in [1.82, 2.24) is 20.9 Å². The van der Waals surface area contributed by atoms with E-state index in [-0.39, 0.29) is 0 Å². The van der Waals surface area contributed by atoms with Crippen molar-refractivity contribution in [3.8, 4) is 0 Å². The minimum absolute atomic E-state index is 0.371. The van der Waals surface area contributed by atoms with Gasteiger partial charge in [-0.15, -0.1) is 0 Å². The van der Waals surface area contributed by atoms with Crippen LogP contribution >= 0.6 is 0 Å². The smallest absolute Gasteiger partial charge is 0.0900 e. The molecule has 24 heavy (non-hydrogen) atoms. The van der Waals surface area contributed by atoms with Crippen LogP contribution in [0.15, 0.2) is 30.3 Å². The summed E-state index contributed by atoms with van der Waals surface area (Å²) < 4.78 is 5.64. The van der Waals surface area contributed by atoms with Gasteiger partial charge in [0, 0.05) is 58.9 Å². The van der Waals surface area contributed by atoms with Crippen LogP contribution in [0.3, 0.4) is 0 Å². The quantitative estimate of drug-likeness (QED) is 0.569. The van der Waals surface area contributed by atoms with Gasteiger partial charge >= 0.3 is 0 Å². The van der Waals surface area contributed by atoms with Gasteiger partial charge in [0.15, 0.2) is 0 Å². The Morgan fingerprint density at radius 3 is 2.12 bits per heavy atom. The molecule has 2 rings (SSSR count). The highest BCUT2D eigenvalue weighted by atomic mass is 16.5. The highest BCUT2D eigenvalue weighted by Crippen LogP contribution is 2.02. The average Bonchev–Trinajstić information content (AvgIpc) is 2.58. The van der Waals surface area contributed by atoms with E-state index in [4.69, 9.17) is 4.74 Å².